The summed E-state index contributed by atoms with van der Waals surface area (Å²) in [5.41, 5.74) is -3.33. The Hall–Kier alpha value is -0.900. The molecule has 2 rings (SSSR count). The molecule has 19 heavy (non-hydrogen) atoms. The number of halogens is 3. The second-order valence-corrected chi connectivity index (χ2v) is 4.29. The van der Waals surface area contributed by atoms with Gasteiger partial charge in [-0.15, -0.1) is 0 Å². The van der Waals surface area contributed by atoms with E-state index in [4.69, 9.17) is 9.57 Å². The molecule has 0 spiro atoms. The fourth-order valence-corrected chi connectivity index (χ4v) is 2.23. The Morgan fingerprint density at radius 2 is 2.26 bits per heavy atom. The number of hydrogen-bond acceptors (Lipinski definition) is 6. The molecule has 2 heterocycles. The summed E-state index contributed by atoms with van der Waals surface area (Å²) in [4.78, 5) is 16.5. The SMILES string of the molecule is CCOC(=O)[C@H]1ON2CCOC[C@@H]2[C@@]1(O)C(F)(F)F. The Labute approximate surface area is 107 Å². The predicted molar refractivity (Wildman–Crippen MR) is 53.8 cm³/mol. The molecule has 0 aromatic rings. The number of hydrogen-bond donors (Lipinski definition) is 1. The highest BCUT2D eigenvalue weighted by Crippen LogP contribution is 2.45. The Morgan fingerprint density at radius 1 is 1.58 bits per heavy atom. The highest BCUT2D eigenvalue weighted by Gasteiger charge is 2.72. The van der Waals surface area contributed by atoms with E-state index in [9.17, 15) is 23.1 Å². The Morgan fingerprint density at radius 3 is 2.84 bits per heavy atom. The molecule has 2 aliphatic heterocycles. The van der Waals surface area contributed by atoms with Crippen LogP contribution in [0.25, 0.3) is 0 Å². The number of hydroxylamine groups is 2. The summed E-state index contributed by atoms with van der Waals surface area (Å²) in [6, 6.07) is -1.48. The number of fused-ring (bicyclic) bond motifs is 1. The van der Waals surface area contributed by atoms with E-state index < -0.39 is 29.9 Å². The van der Waals surface area contributed by atoms with Crippen LogP contribution in [0.2, 0.25) is 0 Å². The van der Waals surface area contributed by atoms with Gasteiger partial charge in [-0.05, 0) is 6.92 Å². The maximum atomic E-state index is 13.1. The second kappa shape index (κ2) is 4.89. The van der Waals surface area contributed by atoms with Crippen LogP contribution in [0.5, 0.6) is 0 Å². The number of nitrogens with zero attached hydrogens (tertiary/aromatic N) is 1. The molecule has 6 nitrogen and oxygen atoms in total. The van der Waals surface area contributed by atoms with Crippen molar-refractivity contribution in [1.82, 2.24) is 5.06 Å². The van der Waals surface area contributed by atoms with Crippen LogP contribution < -0.4 is 0 Å². The molecule has 0 radical (unpaired) electrons. The van der Waals surface area contributed by atoms with Crippen molar-refractivity contribution in [1.29, 1.82) is 0 Å². The van der Waals surface area contributed by atoms with E-state index in [-0.39, 0.29) is 26.4 Å². The maximum absolute atomic E-state index is 13.1. The summed E-state index contributed by atoms with van der Waals surface area (Å²) in [5, 5.41) is 11.0. The smallest absolute Gasteiger partial charge is 0.422 e. The first-order valence-electron chi connectivity index (χ1n) is 5.79. The molecular formula is C10H14F3NO5. The molecule has 2 aliphatic rings. The largest absolute Gasteiger partial charge is 0.464 e. The molecule has 0 unspecified atom stereocenters. The van der Waals surface area contributed by atoms with Crippen LogP contribution in [0.3, 0.4) is 0 Å². The lowest BCUT2D eigenvalue weighted by molar-refractivity contribution is -0.280. The van der Waals surface area contributed by atoms with Crippen molar-refractivity contribution < 1.29 is 37.4 Å². The molecule has 0 amide bonds. The Balaban J connectivity index is 2.33. The molecule has 0 saturated carbocycles. The minimum Gasteiger partial charge on any atom is -0.464 e. The van der Waals surface area contributed by atoms with Crippen molar-refractivity contribution >= 4 is 5.97 Å². The highest BCUT2D eigenvalue weighted by molar-refractivity contribution is 5.77. The minimum atomic E-state index is -5.04. The van der Waals surface area contributed by atoms with Crippen LogP contribution in [0.4, 0.5) is 13.2 Å². The average molecular weight is 285 g/mol. The van der Waals surface area contributed by atoms with Gasteiger partial charge < -0.3 is 14.6 Å². The number of aliphatic hydroxyl groups is 1. The lowest BCUT2D eigenvalue weighted by Gasteiger charge is -2.36. The van der Waals surface area contributed by atoms with E-state index in [2.05, 4.69) is 4.74 Å². The monoisotopic (exact) mass is 285 g/mol. The quantitative estimate of drug-likeness (QED) is 0.712. The number of rotatable bonds is 2. The maximum Gasteiger partial charge on any atom is 0.422 e. The third-order valence-electron chi connectivity index (χ3n) is 3.18. The van der Waals surface area contributed by atoms with Crippen LogP contribution in [0, 0.1) is 0 Å². The number of esters is 1. The summed E-state index contributed by atoms with van der Waals surface area (Å²) < 4.78 is 48.9. The lowest BCUT2D eigenvalue weighted by Crippen LogP contribution is -2.64. The third-order valence-corrected chi connectivity index (χ3v) is 3.18. The molecule has 0 bridgehead atoms. The zero-order chi connectivity index (χ0) is 14.3. The van der Waals surface area contributed by atoms with Gasteiger partial charge in [0.2, 0.25) is 11.7 Å². The molecule has 9 heteroatoms. The van der Waals surface area contributed by atoms with Gasteiger partial charge in [-0.1, -0.05) is 0 Å². The zero-order valence-electron chi connectivity index (χ0n) is 10.1. The van der Waals surface area contributed by atoms with Crippen LogP contribution >= 0.6 is 0 Å². The molecular weight excluding hydrogens is 271 g/mol. The fourth-order valence-electron chi connectivity index (χ4n) is 2.23. The summed E-state index contributed by atoms with van der Waals surface area (Å²) in [6.45, 7) is 1.19. The first-order chi connectivity index (χ1) is 8.82. The van der Waals surface area contributed by atoms with Gasteiger partial charge in [-0.3, -0.25) is 4.84 Å². The second-order valence-electron chi connectivity index (χ2n) is 4.29. The van der Waals surface area contributed by atoms with Gasteiger partial charge in [-0.25, -0.2) is 4.79 Å². The van der Waals surface area contributed by atoms with E-state index in [1.54, 1.807) is 0 Å². The molecule has 110 valence electrons. The normalized spacial score (nSPS) is 36.1. The molecule has 0 aromatic heterocycles. The number of morpholine rings is 1. The third kappa shape index (κ3) is 2.20. The number of ether oxygens (including phenoxy) is 2. The summed E-state index contributed by atoms with van der Waals surface area (Å²) in [6.07, 6.45) is -7.16. The van der Waals surface area contributed by atoms with E-state index in [0.717, 1.165) is 5.06 Å². The average Bonchev–Trinajstić information content (AvgIpc) is 2.65. The summed E-state index contributed by atoms with van der Waals surface area (Å²) in [7, 11) is 0. The first-order valence-corrected chi connectivity index (χ1v) is 5.79. The van der Waals surface area contributed by atoms with Crippen LogP contribution in [0.15, 0.2) is 0 Å². The molecule has 1 N–H and O–H groups in total. The topological polar surface area (TPSA) is 68.2 Å². The standard InChI is InChI=1S/C10H14F3NO5/c1-2-18-8(15)7-9(16,10(11,12)13)6-5-17-4-3-14(6)19-7/h6-7,16H,2-5H2,1H3/t6-,7-,9+/m1/s1. The first kappa shape index (κ1) is 14.5. The van der Waals surface area contributed by atoms with Crippen molar-refractivity contribution in [3.63, 3.8) is 0 Å². The van der Waals surface area contributed by atoms with Crippen molar-refractivity contribution in [2.24, 2.45) is 0 Å². The van der Waals surface area contributed by atoms with Gasteiger partial charge in [0.15, 0.2) is 0 Å². The zero-order valence-corrected chi connectivity index (χ0v) is 10.1. The molecule has 0 aliphatic carbocycles. The molecule has 2 saturated heterocycles. The van der Waals surface area contributed by atoms with Crippen molar-refractivity contribution in [2.75, 3.05) is 26.4 Å². The highest BCUT2D eigenvalue weighted by atomic mass is 19.4. The van der Waals surface area contributed by atoms with Gasteiger partial charge >= 0.3 is 12.1 Å². The van der Waals surface area contributed by atoms with E-state index in [1.165, 1.54) is 6.92 Å². The Bertz CT molecular complexity index is 364. The number of carbonyl (C=O) groups excluding carboxylic acids is 1. The van der Waals surface area contributed by atoms with E-state index >= 15 is 0 Å². The Kier molecular flexibility index (Phi) is 3.74. The van der Waals surface area contributed by atoms with Gasteiger partial charge in [0.05, 0.1) is 25.9 Å². The summed E-state index contributed by atoms with van der Waals surface area (Å²) in [5.74, 6) is -1.24. The van der Waals surface area contributed by atoms with E-state index in [1.807, 2.05) is 0 Å². The molecule has 0 aromatic carbocycles. The minimum absolute atomic E-state index is 0.0406. The fraction of sp³-hybridized carbons (Fsp3) is 0.900. The van der Waals surface area contributed by atoms with Crippen LogP contribution in [-0.4, -0.2) is 66.4 Å². The predicted octanol–water partition coefficient (Wildman–Crippen LogP) is -0.142. The van der Waals surface area contributed by atoms with Crippen LogP contribution in [0.1, 0.15) is 6.92 Å². The van der Waals surface area contributed by atoms with Crippen LogP contribution in [-0.2, 0) is 19.1 Å². The van der Waals surface area contributed by atoms with Crippen molar-refractivity contribution in [3.05, 3.63) is 0 Å². The van der Waals surface area contributed by atoms with Crippen molar-refractivity contribution in [3.8, 4) is 0 Å². The van der Waals surface area contributed by atoms with Gasteiger partial charge in [0.25, 0.3) is 0 Å². The lowest BCUT2D eigenvalue weighted by atomic mass is 9.88. The number of alkyl halides is 3. The van der Waals surface area contributed by atoms with Crippen molar-refractivity contribution in [2.45, 2.75) is 30.8 Å². The number of carbonyl (C=O) groups is 1. The molecule has 2 fully saturated rings. The van der Waals surface area contributed by atoms with Gasteiger partial charge in [0.1, 0.15) is 0 Å². The van der Waals surface area contributed by atoms with Gasteiger partial charge in [0, 0.05) is 6.54 Å². The molecule has 3 atom stereocenters. The summed E-state index contributed by atoms with van der Waals surface area (Å²) >= 11 is 0. The van der Waals surface area contributed by atoms with E-state index in [0.29, 0.717) is 0 Å². The van der Waals surface area contributed by atoms with Gasteiger partial charge in [-0.2, -0.15) is 18.2 Å².